The highest BCUT2D eigenvalue weighted by Gasteiger charge is 2.39. The van der Waals surface area contributed by atoms with Gasteiger partial charge in [0.05, 0.1) is 11.1 Å². The molecule has 0 bridgehead atoms. The summed E-state index contributed by atoms with van der Waals surface area (Å²) in [6.45, 7) is 1.84. The predicted molar refractivity (Wildman–Crippen MR) is 102 cm³/mol. The van der Waals surface area contributed by atoms with Crippen LogP contribution in [0.25, 0.3) is 16.6 Å². The van der Waals surface area contributed by atoms with Crippen molar-refractivity contribution < 1.29 is 22.8 Å². The molecule has 2 aromatic heterocycles. The van der Waals surface area contributed by atoms with E-state index < -0.39 is 23.1 Å². The minimum Gasteiger partial charge on any atom is -0.298 e. The molecule has 4 nitrogen and oxygen atoms in total. The summed E-state index contributed by atoms with van der Waals surface area (Å²) >= 11 is 0. The Morgan fingerprint density at radius 1 is 1.14 bits per heavy atom. The zero-order valence-electron chi connectivity index (χ0n) is 15.4. The molecule has 1 aliphatic rings. The lowest BCUT2D eigenvalue weighted by molar-refractivity contribution is -0.0885. The number of halogens is 3. The van der Waals surface area contributed by atoms with Gasteiger partial charge in [0.2, 0.25) is 0 Å². The maximum atomic E-state index is 12.6. The summed E-state index contributed by atoms with van der Waals surface area (Å²) in [4.78, 5) is 35.2. The van der Waals surface area contributed by atoms with E-state index in [1.165, 1.54) is 16.5 Å². The number of carbonyl (C=O) groups is 2. The maximum absolute atomic E-state index is 12.6. The monoisotopic (exact) mass is 399 g/mol. The van der Waals surface area contributed by atoms with Crippen LogP contribution in [0.5, 0.6) is 0 Å². The molecule has 0 aliphatic heterocycles. The van der Waals surface area contributed by atoms with Crippen molar-refractivity contribution in [1.82, 2.24) is 4.40 Å². The number of hydrogen-bond acceptors (Lipinski definition) is 3. The number of benzene rings is 1. The zero-order valence-corrected chi connectivity index (χ0v) is 15.4. The molecular weight excluding hydrogens is 383 g/mol. The number of nitrogens with zero attached hydrogens (tertiary/aromatic N) is 1. The van der Waals surface area contributed by atoms with Crippen LogP contribution in [0.2, 0.25) is 0 Å². The van der Waals surface area contributed by atoms with Crippen molar-refractivity contribution >= 4 is 17.6 Å². The van der Waals surface area contributed by atoms with Crippen LogP contribution in [0.4, 0.5) is 13.2 Å². The minimum absolute atomic E-state index is 0.103. The summed E-state index contributed by atoms with van der Waals surface area (Å²) in [6.07, 6.45) is -0.834. The normalized spacial score (nSPS) is 14.2. The van der Waals surface area contributed by atoms with Crippen molar-refractivity contribution in [2.75, 3.05) is 0 Å². The number of aldehydes is 1. The molecule has 1 fully saturated rings. The summed E-state index contributed by atoms with van der Waals surface area (Å²) in [6, 6.07) is 8.56. The van der Waals surface area contributed by atoms with E-state index in [1.807, 2.05) is 6.92 Å². The largest absolute Gasteiger partial charge is 0.454 e. The fourth-order valence-electron chi connectivity index (χ4n) is 3.69. The Balaban J connectivity index is 1.87. The van der Waals surface area contributed by atoms with Crippen molar-refractivity contribution in [3.63, 3.8) is 0 Å². The van der Waals surface area contributed by atoms with Crippen molar-refractivity contribution in [2.45, 2.75) is 31.9 Å². The van der Waals surface area contributed by atoms with E-state index in [-0.39, 0.29) is 11.5 Å². The number of ketones is 1. The maximum Gasteiger partial charge on any atom is 0.454 e. The number of aromatic nitrogens is 1. The number of aryl methyl sites for hydroxylation is 1. The number of carbonyl (C=O) groups excluding carboxylic acids is 2. The van der Waals surface area contributed by atoms with Gasteiger partial charge >= 0.3 is 6.18 Å². The van der Waals surface area contributed by atoms with Gasteiger partial charge in [0, 0.05) is 11.8 Å². The van der Waals surface area contributed by atoms with Crippen LogP contribution in [0, 0.1) is 6.92 Å². The first kappa shape index (κ1) is 19.1. The van der Waals surface area contributed by atoms with Gasteiger partial charge in [0.1, 0.15) is 0 Å². The summed E-state index contributed by atoms with van der Waals surface area (Å²) < 4.78 is 39.3. The van der Waals surface area contributed by atoms with Gasteiger partial charge < -0.3 is 0 Å². The van der Waals surface area contributed by atoms with E-state index in [0.29, 0.717) is 11.8 Å². The standard InChI is InChI=1S/C22H16F3NO3/c1-12-17(13-4-6-15(7-5-13)20(28)22(23,24)25)8-9-26-19(12)18(14-2-3-14)10-16(11-27)21(26)29/h4-11,14H,2-3H2,1H3. The Bertz CT molecular complexity index is 1200. The highest BCUT2D eigenvalue weighted by molar-refractivity contribution is 6.00. The smallest absolute Gasteiger partial charge is 0.298 e. The number of pyridine rings is 2. The third kappa shape index (κ3) is 3.26. The van der Waals surface area contributed by atoms with Gasteiger partial charge in [-0.2, -0.15) is 13.2 Å². The van der Waals surface area contributed by atoms with Crippen LogP contribution in [-0.2, 0) is 0 Å². The third-order valence-corrected chi connectivity index (χ3v) is 5.30. The SMILES string of the molecule is Cc1c(-c2ccc(C(=O)C(F)(F)F)cc2)ccn2c(=O)c(C=O)cc(C3CC3)c12. The van der Waals surface area contributed by atoms with E-state index in [2.05, 4.69) is 0 Å². The van der Waals surface area contributed by atoms with Crippen LogP contribution >= 0.6 is 0 Å². The lowest BCUT2D eigenvalue weighted by Gasteiger charge is -2.15. The molecule has 1 aliphatic carbocycles. The fourth-order valence-corrected chi connectivity index (χ4v) is 3.69. The lowest BCUT2D eigenvalue weighted by atomic mass is 9.96. The first-order chi connectivity index (χ1) is 13.7. The first-order valence-corrected chi connectivity index (χ1v) is 9.08. The zero-order chi connectivity index (χ0) is 20.9. The van der Waals surface area contributed by atoms with Gasteiger partial charge in [-0.1, -0.05) is 24.3 Å². The Kier molecular flexibility index (Phi) is 4.41. The average molecular weight is 399 g/mol. The van der Waals surface area contributed by atoms with Crippen LogP contribution in [-0.4, -0.2) is 22.6 Å². The topological polar surface area (TPSA) is 55.6 Å². The molecule has 2 heterocycles. The van der Waals surface area contributed by atoms with Gasteiger partial charge in [0.25, 0.3) is 11.3 Å². The minimum atomic E-state index is -4.92. The molecule has 148 valence electrons. The Hall–Kier alpha value is -3.22. The van der Waals surface area contributed by atoms with Crippen LogP contribution < -0.4 is 5.56 Å². The van der Waals surface area contributed by atoms with Gasteiger partial charge in [-0.15, -0.1) is 0 Å². The molecule has 1 aromatic carbocycles. The predicted octanol–water partition coefficient (Wildman–Crippen LogP) is 4.71. The molecule has 4 rings (SSSR count). The molecule has 0 amide bonds. The Morgan fingerprint density at radius 2 is 1.79 bits per heavy atom. The molecule has 7 heteroatoms. The fraction of sp³-hybridized carbons (Fsp3) is 0.227. The molecule has 0 saturated heterocycles. The number of Topliss-reactive ketones (excluding diaryl/α,β-unsaturated/α-hetero) is 1. The van der Waals surface area contributed by atoms with Gasteiger partial charge in [0.15, 0.2) is 6.29 Å². The lowest BCUT2D eigenvalue weighted by Crippen LogP contribution is -2.22. The summed E-state index contributed by atoms with van der Waals surface area (Å²) in [7, 11) is 0. The molecule has 0 spiro atoms. The van der Waals surface area contributed by atoms with Gasteiger partial charge in [-0.05, 0) is 60.1 Å². The number of rotatable bonds is 4. The highest BCUT2D eigenvalue weighted by atomic mass is 19.4. The van der Waals surface area contributed by atoms with Crippen molar-refractivity contribution in [1.29, 1.82) is 0 Å². The first-order valence-electron chi connectivity index (χ1n) is 9.08. The molecule has 3 aromatic rings. The van der Waals surface area contributed by atoms with E-state index >= 15 is 0 Å². The second-order valence-corrected chi connectivity index (χ2v) is 7.23. The van der Waals surface area contributed by atoms with Crippen molar-refractivity contribution in [3.8, 4) is 11.1 Å². The summed E-state index contributed by atoms with van der Waals surface area (Å²) in [5.41, 5.74) is 3.09. The van der Waals surface area contributed by atoms with Crippen molar-refractivity contribution in [3.05, 3.63) is 75.2 Å². The number of hydrogen-bond donors (Lipinski definition) is 0. The van der Waals surface area contributed by atoms with Gasteiger partial charge in [-0.3, -0.25) is 18.8 Å². The van der Waals surface area contributed by atoms with E-state index in [0.717, 1.165) is 47.2 Å². The second-order valence-electron chi connectivity index (χ2n) is 7.23. The molecular formula is C22H16F3NO3. The molecule has 1 saturated carbocycles. The van der Waals surface area contributed by atoms with E-state index in [4.69, 9.17) is 0 Å². The molecule has 0 atom stereocenters. The number of fused-ring (bicyclic) bond motifs is 1. The molecule has 0 N–H and O–H groups in total. The van der Waals surface area contributed by atoms with Crippen molar-refractivity contribution in [2.24, 2.45) is 0 Å². The Labute approximate surface area is 163 Å². The quantitative estimate of drug-likeness (QED) is 0.472. The van der Waals surface area contributed by atoms with Crippen LogP contribution in [0.15, 0.2) is 47.4 Å². The summed E-state index contributed by atoms with van der Waals surface area (Å²) in [5.74, 6) is -1.60. The number of alkyl halides is 3. The van der Waals surface area contributed by atoms with Gasteiger partial charge in [-0.25, -0.2) is 0 Å². The van der Waals surface area contributed by atoms with E-state index in [9.17, 15) is 27.6 Å². The van der Waals surface area contributed by atoms with Crippen LogP contribution in [0.1, 0.15) is 50.6 Å². The molecule has 0 unspecified atom stereocenters. The third-order valence-electron chi connectivity index (χ3n) is 5.30. The molecule has 0 radical (unpaired) electrons. The highest BCUT2D eigenvalue weighted by Crippen LogP contribution is 2.43. The van der Waals surface area contributed by atoms with Crippen LogP contribution in [0.3, 0.4) is 0 Å². The Morgan fingerprint density at radius 3 is 2.34 bits per heavy atom. The van der Waals surface area contributed by atoms with E-state index in [1.54, 1.807) is 18.3 Å². The molecule has 29 heavy (non-hydrogen) atoms. The second kappa shape index (κ2) is 6.69. The average Bonchev–Trinajstić information content (AvgIpc) is 3.53. The summed E-state index contributed by atoms with van der Waals surface area (Å²) in [5, 5.41) is 0.